The van der Waals surface area contributed by atoms with E-state index in [0.717, 1.165) is 17.0 Å². The largest absolute Gasteiger partial charge is 0.253 e. The van der Waals surface area contributed by atoms with Gasteiger partial charge in [0.15, 0.2) is 0 Å². The minimum atomic E-state index is 0.486. The number of hydrogen-bond donors (Lipinski definition) is 0. The summed E-state index contributed by atoms with van der Waals surface area (Å²) < 4.78 is 0. The summed E-state index contributed by atoms with van der Waals surface area (Å²) in [6, 6.07) is 13.5. The summed E-state index contributed by atoms with van der Waals surface area (Å²) in [5.41, 5.74) is 2.85. The van der Waals surface area contributed by atoms with Crippen molar-refractivity contribution in [1.82, 2.24) is 4.98 Å². The first-order valence-corrected chi connectivity index (χ1v) is 5.36. The van der Waals surface area contributed by atoms with Gasteiger partial charge in [0.05, 0.1) is 5.69 Å². The molecule has 0 saturated heterocycles. The van der Waals surface area contributed by atoms with Crippen molar-refractivity contribution in [1.29, 1.82) is 0 Å². The third-order valence-corrected chi connectivity index (χ3v) is 2.40. The van der Waals surface area contributed by atoms with Crippen LogP contribution in [0.15, 0.2) is 53.7 Å². The van der Waals surface area contributed by atoms with E-state index >= 15 is 0 Å². The van der Waals surface area contributed by atoms with Gasteiger partial charge < -0.3 is 0 Å². The molecule has 2 nitrogen and oxygen atoms in total. The summed E-state index contributed by atoms with van der Waals surface area (Å²) in [7, 11) is 0. The average Bonchev–Trinajstić information content (AvgIpc) is 2.30. The molecule has 0 atom stereocenters. The van der Waals surface area contributed by atoms with E-state index in [1.807, 2.05) is 49.4 Å². The molecule has 0 N–H and O–H groups in total. The summed E-state index contributed by atoms with van der Waals surface area (Å²) in [5.74, 6) is 0. The van der Waals surface area contributed by atoms with Crippen molar-refractivity contribution >= 4 is 23.0 Å². The number of benzene rings is 1. The quantitative estimate of drug-likeness (QED) is 0.568. The minimum Gasteiger partial charge on any atom is -0.253 e. The maximum Gasteiger partial charge on any atom is 0.129 e. The second-order valence-corrected chi connectivity index (χ2v) is 3.79. The Kier molecular flexibility index (Phi) is 3.32. The van der Waals surface area contributed by atoms with Crippen molar-refractivity contribution in [2.75, 3.05) is 0 Å². The zero-order valence-corrected chi connectivity index (χ0v) is 9.65. The second kappa shape index (κ2) is 4.90. The van der Waals surface area contributed by atoms with E-state index < -0.39 is 0 Å². The number of rotatable bonds is 2. The third-order valence-electron chi connectivity index (χ3n) is 2.20. The Labute approximate surface area is 99.6 Å². The fraction of sp³-hybridized carbons (Fsp3) is 0.0769. The van der Waals surface area contributed by atoms with E-state index in [9.17, 15) is 0 Å². The highest BCUT2D eigenvalue weighted by Gasteiger charge is 1.98. The van der Waals surface area contributed by atoms with Gasteiger partial charge in [0, 0.05) is 17.5 Å². The summed E-state index contributed by atoms with van der Waals surface area (Å²) in [4.78, 5) is 8.44. The molecule has 1 aromatic heterocycles. The average molecular weight is 231 g/mol. The number of para-hydroxylation sites is 1. The van der Waals surface area contributed by atoms with Crippen molar-refractivity contribution < 1.29 is 0 Å². The first-order chi connectivity index (χ1) is 7.75. The van der Waals surface area contributed by atoms with E-state index in [1.165, 1.54) is 0 Å². The van der Waals surface area contributed by atoms with E-state index in [0.29, 0.717) is 5.15 Å². The van der Waals surface area contributed by atoms with Crippen LogP contribution in [0.2, 0.25) is 5.15 Å². The number of aliphatic imine (C=N–C) groups is 1. The molecule has 1 heterocycles. The first-order valence-electron chi connectivity index (χ1n) is 4.98. The van der Waals surface area contributed by atoms with E-state index in [2.05, 4.69) is 9.98 Å². The molecule has 0 fully saturated rings. The molecule has 0 bridgehead atoms. The Morgan fingerprint density at radius 1 is 1.19 bits per heavy atom. The maximum absolute atomic E-state index is 5.83. The van der Waals surface area contributed by atoms with Gasteiger partial charge in [-0.15, -0.1) is 0 Å². The number of halogens is 1. The van der Waals surface area contributed by atoms with Crippen LogP contribution in [0.3, 0.4) is 0 Å². The number of hydrogen-bond acceptors (Lipinski definition) is 2. The summed E-state index contributed by atoms with van der Waals surface area (Å²) in [6.07, 6.45) is 1.68. The van der Waals surface area contributed by atoms with Crippen molar-refractivity contribution in [3.8, 4) is 0 Å². The molecule has 0 spiro atoms. The van der Waals surface area contributed by atoms with Crippen LogP contribution in [-0.2, 0) is 0 Å². The number of aromatic nitrogens is 1. The molecule has 0 radical (unpaired) electrons. The molecule has 2 aromatic rings. The molecule has 16 heavy (non-hydrogen) atoms. The first kappa shape index (κ1) is 10.8. The Hall–Kier alpha value is -1.67. The number of nitrogens with zero attached hydrogens (tertiary/aromatic N) is 2. The maximum atomic E-state index is 5.83. The molecule has 0 aliphatic heterocycles. The van der Waals surface area contributed by atoms with Crippen LogP contribution < -0.4 is 0 Å². The van der Waals surface area contributed by atoms with Crippen LogP contribution in [0.4, 0.5) is 5.69 Å². The molecular weight excluding hydrogens is 220 g/mol. The van der Waals surface area contributed by atoms with Crippen LogP contribution in [0.25, 0.3) is 0 Å². The van der Waals surface area contributed by atoms with Crippen molar-refractivity contribution in [3.05, 3.63) is 59.4 Å². The molecule has 1 aromatic carbocycles. The van der Waals surface area contributed by atoms with Gasteiger partial charge in [0.1, 0.15) is 5.15 Å². The lowest BCUT2D eigenvalue weighted by Crippen LogP contribution is -1.94. The molecule has 0 amide bonds. The molecule has 0 unspecified atom stereocenters. The van der Waals surface area contributed by atoms with Gasteiger partial charge >= 0.3 is 0 Å². The topological polar surface area (TPSA) is 25.2 Å². The van der Waals surface area contributed by atoms with Crippen molar-refractivity contribution in [2.24, 2.45) is 4.99 Å². The highest BCUT2D eigenvalue weighted by molar-refractivity contribution is 6.29. The smallest absolute Gasteiger partial charge is 0.129 e. The lowest BCUT2D eigenvalue weighted by atomic mass is 10.2. The van der Waals surface area contributed by atoms with Gasteiger partial charge in [0.2, 0.25) is 0 Å². The van der Waals surface area contributed by atoms with E-state index in [-0.39, 0.29) is 0 Å². The van der Waals surface area contributed by atoms with Crippen LogP contribution in [-0.4, -0.2) is 10.7 Å². The predicted molar refractivity (Wildman–Crippen MR) is 67.6 cm³/mol. The van der Waals surface area contributed by atoms with Crippen molar-refractivity contribution in [3.63, 3.8) is 0 Å². The predicted octanol–water partition coefficient (Wildman–Crippen LogP) is 3.88. The van der Waals surface area contributed by atoms with Gasteiger partial charge in [-0.05, 0) is 31.2 Å². The van der Waals surface area contributed by atoms with Gasteiger partial charge in [-0.25, -0.2) is 4.98 Å². The van der Waals surface area contributed by atoms with Gasteiger partial charge in [0.25, 0.3) is 0 Å². The zero-order valence-electron chi connectivity index (χ0n) is 8.89. The molecule has 2 rings (SSSR count). The number of pyridine rings is 1. The standard InChI is InChI=1S/C13H11ClN2/c1-10(11-7-8-15-13(14)9-11)16-12-5-3-2-4-6-12/h2-9H,1H3. The molecular formula is C13H11ClN2. The van der Waals surface area contributed by atoms with Crippen LogP contribution >= 0.6 is 11.6 Å². The molecule has 80 valence electrons. The lowest BCUT2D eigenvalue weighted by Gasteiger charge is -2.01. The fourth-order valence-corrected chi connectivity index (χ4v) is 1.56. The summed E-state index contributed by atoms with van der Waals surface area (Å²) in [6.45, 7) is 1.96. The summed E-state index contributed by atoms with van der Waals surface area (Å²) >= 11 is 5.83. The Morgan fingerprint density at radius 3 is 2.62 bits per heavy atom. The summed E-state index contributed by atoms with van der Waals surface area (Å²) in [5, 5.41) is 0.486. The monoisotopic (exact) mass is 230 g/mol. The molecule has 0 aliphatic carbocycles. The van der Waals surface area contributed by atoms with E-state index in [1.54, 1.807) is 6.20 Å². The SMILES string of the molecule is CC(=Nc1ccccc1)c1ccnc(Cl)c1. The normalized spacial score (nSPS) is 11.5. The Bertz CT molecular complexity index is 506. The molecule has 0 saturated carbocycles. The van der Waals surface area contributed by atoms with E-state index in [4.69, 9.17) is 11.6 Å². The highest BCUT2D eigenvalue weighted by Crippen LogP contribution is 2.14. The van der Waals surface area contributed by atoms with Crippen LogP contribution in [0.1, 0.15) is 12.5 Å². The minimum absolute atomic E-state index is 0.486. The molecule has 3 heteroatoms. The second-order valence-electron chi connectivity index (χ2n) is 3.40. The third kappa shape index (κ3) is 2.67. The fourth-order valence-electron chi connectivity index (χ4n) is 1.39. The van der Waals surface area contributed by atoms with Crippen LogP contribution in [0.5, 0.6) is 0 Å². The van der Waals surface area contributed by atoms with Gasteiger partial charge in [-0.2, -0.15) is 0 Å². The highest BCUT2D eigenvalue weighted by atomic mass is 35.5. The Balaban J connectivity index is 2.32. The van der Waals surface area contributed by atoms with Gasteiger partial charge in [-0.3, -0.25) is 4.99 Å². The zero-order chi connectivity index (χ0) is 11.4. The van der Waals surface area contributed by atoms with Crippen LogP contribution in [0, 0.1) is 0 Å². The van der Waals surface area contributed by atoms with Gasteiger partial charge in [-0.1, -0.05) is 29.8 Å². The molecule has 0 aliphatic rings. The lowest BCUT2D eigenvalue weighted by molar-refractivity contribution is 1.31. The van der Waals surface area contributed by atoms with Crippen molar-refractivity contribution in [2.45, 2.75) is 6.92 Å². The Morgan fingerprint density at radius 2 is 1.94 bits per heavy atom.